The summed E-state index contributed by atoms with van der Waals surface area (Å²) < 4.78 is 28.4. The third-order valence-corrected chi connectivity index (χ3v) is 6.69. The Hall–Kier alpha value is -2.11. The van der Waals surface area contributed by atoms with E-state index in [1.807, 2.05) is 24.3 Å². The number of nitrogens with one attached hydrogen (secondary N) is 2. The zero-order chi connectivity index (χ0) is 18.5. The molecule has 1 aliphatic rings. The van der Waals surface area contributed by atoms with Gasteiger partial charge in [0.15, 0.2) is 0 Å². The zero-order valence-electron chi connectivity index (χ0n) is 15.3. The van der Waals surface area contributed by atoms with E-state index >= 15 is 0 Å². The number of rotatable bonds is 3. The average Bonchev–Trinajstić information content (AvgIpc) is 3.10. The van der Waals surface area contributed by atoms with Crippen LogP contribution in [0.3, 0.4) is 0 Å². The van der Waals surface area contributed by atoms with Gasteiger partial charge in [-0.3, -0.25) is 0 Å². The highest BCUT2D eigenvalue weighted by atomic mass is 32.2. The van der Waals surface area contributed by atoms with Gasteiger partial charge in [0.1, 0.15) is 0 Å². The van der Waals surface area contributed by atoms with E-state index in [0.717, 1.165) is 23.2 Å². The molecule has 136 valence electrons. The lowest BCUT2D eigenvalue weighted by atomic mass is 9.87. The van der Waals surface area contributed by atoms with Gasteiger partial charge >= 0.3 is 0 Å². The Morgan fingerprint density at radius 1 is 1.00 bits per heavy atom. The summed E-state index contributed by atoms with van der Waals surface area (Å²) in [6.07, 6.45) is 1.42. The first-order chi connectivity index (χ1) is 12.2. The fourth-order valence-corrected chi connectivity index (χ4v) is 4.97. The lowest BCUT2D eigenvalue weighted by Crippen LogP contribution is -2.35. The molecule has 1 unspecified atom stereocenters. The van der Waals surface area contributed by atoms with Crippen molar-refractivity contribution in [3.8, 4) is 0 Å². The van der Waals surface area contributed by atoms with Crippen molar-refractivity contribution in [2.24, 2.45) is 0 Å². The van der Waals surface area contributed by atoms with Gasteiger partial charge in [-0.2, -0.15) is 0 Å². The largest absolute Gasteiger partial charge is 0.358 e. The predicted molar refractivity (Wildman–Crippen MR) is 105 cm³/mol. The van der Waals surface area contributed by atoms with Crippen LogP contribution in [0.5, 0.6) is 0 Å². The van der Waals surface area contributed by atoms with E-state index in [1.165, 1.54) is 10.9 Å². The van der Waals surface area contributed by atoms with E-state index in [9.17, 15) is 8.42 Å². The molecule has 0 fully saturated rings. The third-order valence-electron chi connectivity index (χ3n) is 5.16. The molecule has 1 aliphatic carbocycles. The van der Waals surface area contributed by atoms with Gasteiger partial charge in [-0.05, 0) is 41.2 Å². The van der Waals surface area contributed by atoms with Gasteiger partial charge in [0.25, 0.3) is 0 Å². The first kappa shape index (κ1) is 17.3. The first-order valence-corrected chi connectivity index (χ1v) is 10.4. The van der Waals surface area contributed by atoms with Crippen molar-refractivity contribution >= 4 is 20.9 Å². The standard InChI is InChI=1S/C21H24N2O2S/c1-21(2,3)14-8-10-16(11-9-14)26(24,25)23-15-12-18-17-6-4-5-7-19(17)22-20(18)13-15/h4-11,15,22-23H,12-13H2,1-3H3. The molecule has 2 N–H and O–H groups in total. The third kappa shape index (κ3) is 3.06. The Morgan fingerprint density at radius 3 is 2.38 bits per heavy atom. The molecule has 0 bridgehead atoms. The summed E-state index contributed by atoms with van der Waals surface area (Å²) in [5, 5.41) is 1.19. The maximum absolute atomic E-state index is 12.8. The molecule has 0 aliphatic heterocycles. The number of para-hydroxylation sites is 1. The summed E-state index contributed by atoms with van der Waals surface area (Å²) >= 11 is 0. The topological polar surface area (TPSA) is 62.0 Å². The van der Waals surface area contributed by atoms with Gasteiger partial charge in [-0.15, -0.1) is 0 Å². The summed E-state index contributed by atoms with van der Waals surface area (Å²) in [5.74, 6) is 0. The molecule has 3 aromatic rings. The molecule has 0 saturated carbocycles. The number of aromatic amines is 1. The smallest absolute Gasteiger partial charge is 0.240 e. The van der Waals surface area contributed by atoms with Crippen molar-refractivity contribution < 1.29 is 8.42 Å². The maximum atomic E-state index is 12.8. The summed E-state index contributed by atoms with van der Waals surface area (Å²) in [7, 11) is -3.52. The molecule has 0 spiro atoms. The van der Waals surface area contributed by atoms with E-state index < -0.39 is 10.0 Å². The van der Waals surface area contributed by atoms with Crippen LogP contribution in [0.4, 0.5) is 0 Å². The van der Waals surface area contributed by atoms with Crippen molar-refractivity contribution in [3.05, 3.63) is 65.4 Å². The van der Waals surface area contributed by atoms with Crippen molar-refractivity contribution in [3.63, 3.8) is 0 Å². The van der Waals surface area contributed by atoms with E-state index in [0.29, 0.717) is 11.3 Å². The van der Waals surface area contributed by atoms with Crippen LogP contribution in [0.25, 0.3) is 10.9 Å². The van der Waals surface area contributed by atoms with Gasteiger partial charge in [0.05, 0.1) is 4.90 Å². The van der Waals surface area contributed by atoms with Crippen LogP contribution in [0.15, 0.2) is 53.4 Å². The van der Waals surface area contributed by atoms with Crippen molar-refractivity contribution in [2.75, 3.05) is 0 Å². The Labute approximate surface area is 154 Å². The highest BCUT2D eigenvalue weighted by Gasteiger charge is 2.29. The van der Waals surface area contributed by atoms with Crippen LogP contribution in [0.1, 0.15) is 37.6 Å². The highest BCUT2D eigenvalue weighted by Crippen LogP contribution is 2.31. The molecule has 4 rings (SSSR count). The Kier molecular flexibility index (Phi) is 3.97. The summed E-state index contributed by atoms with van der Waals surface area (Å²) in [5.41, 5.74) is 4.62. The second-order valence-corrected chi connectivity index (χ2v) is 9.84. The second kappa shape index (κ2) is 5.96. The monoisotopic (exact) mass is 368 g/mol. The summed E-state index contributed by atoms with van der Waals surface area (Å²) in [6, 6.07) is 15.3. The van der Waals surface area contributed by atoms with E-state index in [2.05, 4.69) is 42.6 Å². The minimum absolute atomic E-state index is 0.00492. The number of benzene rings is 2. The van der Waals surface area contributed by atoms with Crippen molar-refractivity contribution in [1.82, 2.24) is 9.71 Å². The average molecular weight is 369 g/mol. The fraction of sp³-hybridized carbons (Fsp3) is 0.333. The van der Waals surface area contributed by atoms with E-state index in [4.69, 9.17) is 0 Å². The van der Waals surface area contributed by atoms with Crippen LogP contribution < -0.4 is 4.72 Å². The quantitative estimate of drug-likeness (QED) is 0.736. The van der Waals surface area contributed by atoms with Crippen LogP contribution >= 0.6 is 0 Å². The Bertz CT molecular complexity index is 1060. The number of sulfonamides is 1. The number of fused-ring (bicyclic) bond motifs is 3. The number of H-pyrrole nitrogens is 1. The van der Waals surface area contributed by atoms with Gasteiger partial charge < -0.3 is 4.98 Å². The van der Waals surface area contributed by atoms with Crippen LogP contribution in [-0.2, 0) is 28.3 Å². The van der Waals surface area contributed by atoms with Crippen molar-refractivity contribution in [2.45, 2.75) is 50.0 Å². The molecule has 1 aromatic heterocycles. The number of aromatic nitrogens is 1. The Morgan fingerprint density at radius 2 is 1.69 bits per heavy atom. The summed E-state index contributed by atoms with van der Waals surface area (Å²) in [4.78, 5) is 3.75. The van der Waals surface area contributed by atoms with Crippen LogP contribution in [0.2, 0.25) is 0 Å². The Balaban J connectivity index is 1.53. The molecule has 5 heteroatoms. The normalized spacial score (nSPS) is 17.6. The van der Waals surface area contributed by atoms with Crippen LogP contribution in [0, 0.1) is 0 Å². The fourth-order valence-electron chi connectivity index (χ4n) is 3.73. The highest BCUT2D eigenvalue weighted by molar-refractivity contribution is 7.89. The number of hydrogen-bond acceptors (Lipinski definition) is 2. The summed E-state index contributed by atoms with van der Waals surface area (Å²) in [6.45, 7) is 6.35. The molecule has 0 radical (unpaired) electrons. The molecule has 0 saturated heterocycles. The predicted octanol–water partition coefficient (Wildman–Crippen LogP) is 3.91. The minimum atomic E-state index is -3.52. The molecular formula is C21H24N2O2S. The van der Waals surface area contributed by atoms with Gasteiger partial charge in [-0.1, -0.05) is 51.1 Å². The first-order valence-electron chi connectivity index (χ1n) is 8.95. The van der Waals surface area contributed by atoms with Crippen LogP contribution in [-0.4, -0.2) is 19.4 Å². The van der Waals surface area contributed by atoms with E-state index in [1.54, 1.807) is 12.1 Å². The van der Waals surface area contributed by atoms with Gasteiger partial charge in [0, 0.05) is 29.1 Å². The van der Waals surface area contributed by atoms with Gasteiger partial charge in [-0.25, -0.2) is 13.1 Å². The minimum Gasteiger partial charge on any atom is -0.358 e. The molecule has 1 atom stereocenters. The number of hydrogen-bond donors (Lipinski definition) is 2. The van der Waals surface area contributed by atoms with E-state index in [-0.39, 0.29) is 11.5 Å². The maximum Gasteiger partial charge on any atom is 0.240 e. The van der Waals surface area contributed by atoms with Crippen molar-refractivity contribution in [1.29, 1.82) is 0 Å². The lowest BCUT2D eigenvalue weighted by molar-refractivity contribution is 0.554. The zero-order valence-corrected chi connectivity index (χ0v) is 16.2. The SMILES string of the molecule is CC(C)(C)c1ccc(S(=O)(=O)NC2Cc3[nH]c4ccccc4c3C2)cc1. The molecule has 0 amide bonds. The molecule has 2 aromatic carbocycles. The molecular weight excluding hydrogens is 344 g/mol. The molecule has 4 nitrogen and oxygen atoms in total. The van der Waals surface area contributed by atoms with Gasteiger partial charge in [0.2, 0.25) is 10.0 Å². The second-order valence-electron chi connectivity index (χ2n) is 8.13. The molecule has 1 heterocycles. The lowest BCUT2D eigenvalue weighted by Gasteiger charge is -2.19. The molecule has 26 heavy (non-hydrogen) atoms.